The van der Waals surface area contributed by atoms with E-state index in [0.717, 1.165) is 31.7 Å². The zero-order valence-electron chi connectivity index (χ0n) is 19.4. The van der Waals surface area contributed by atoms with Gasteiger partial charge in [0.2, 0.25) is 5.82 Å². The van der Waals surface area contributed by atoms with Gasteiger partial charge in [0, 0.05) is 0 Å². The van der Waals surface area contributed by atoms with Crippen molar-refractivity contribution in [1.82, 2.24) is 0 Å². The number of benzene rings is 2. The molecule has 0 atom stereocenters. The topological polar surface area (TPSA) is 18.5 Å². The standard InChI is InChI=1S/C26H30F6O2/c1-3-5-16-6-8-17(9-7-16)19-11-12-20(24(29)23(19)28)26(31,32)34-15-14-18-10-13-21(33-4-2)25(30)22(18)27/h10-13,16-17H,3-9,14-15H2,1-2H3. The minimum Gasteiger partial charge on any atom is -0.491 e. The van der Waals surface area contributed by atoms with Crippen LogP contribution in [0.2, 0.25) is 0 Å². The van der Waals surface area contributed by atoms with Crippen LogP contribution in [0.25, 0.3) is 0 Å². The molecule has 0 aliphatic heterocycles. The van der Waals surface area contributed by atoms with Crippen LogP contribution in [-0.2, 0) is 17.3 Å². The van der Waals surface area contributed by atoms with Crippen LogP contribution in [0.5, 0.6) is 5.75 Å². The lowest BCUT2D eigenvalue weighted by molar-refractivity contribution is -0.250. The Balaban J connectivity index is 1.66. The number of halogens is 6. The molecule has 1 aliphatic rings. The molecule has 0 saturated heterocycles. The lowest BCUT2D eigenvalue weighted by Crippen LogP contribution is -2.23. The van der Waals surface area contributed by atoms with Crippen LogP contribution in [-0.4, -0.2) is 13.2 Å². The summed E-state index contributed by atoms with van der Waals surface area (Å²) in [4.78, 5) is 0. The molecule has 1 aliphatic carbocycles. The van der Waals surface area contributed by atoms with Crippen molar-refractivity contribution in [3.05, 3.63) is 64.2 Å². The largest absolute Gasteiger partial charge is 0.491 e. The number of hydrogen-bond donors (Lipinski definition) is 0. The average molecular weight is 489 g/mol. The van der Waals surface area contributed by atoms with E-state index >= 15 is 0 Å². The van der Waals surface area contributed by atoms with Gasteiger partial charge >= 0.3 is 6.11 Å². The van der Waals surface area contributed by atoms with E-state index in [1.807, 2.05) is 0 Å². The third-order valence-electron chi connectivity index (χ3n) is 6.49. The number of ether oxygens (including phenoxy) is 2. The maximum atomic E-state index is 14.7. The Bertz CT molecular complexity index is 970. The predicted octanol–water partition coefficient (Wildman–Crippen LogP) is 8.02. The number of hydrogen-bond acceptors (Lipinski definition) is 2. The van der Waals surface area contributed by atoms with Crippen LogP contribution in [0.1, 0.15) is 75.0 Å². The summed E-state index contributed by atoms with van der Waals surface area (Å²) in [6, 6.07) is 4.45. The highest BCUT2D eigenvalue weighted by Crippen LogP contribution is 2.41. The molecule has 1 saturated carbocycles. The fraction of sp³-hybridized carbons (Fsp3) is 0.538. The van der Waals surface area contributed by atoms with Crippen molar-refractivity contribution in [2.45, 2.75) is 70.8 Å². The molecule has 2 nitrogen and oxygen atoms in total. The van der Waals surface area contributed by atoms with Crippen LogP contribution in [0.15, 0.2) is 24.3 Å². The van der Waals surface area contributed by atoms with Crippen molar-refractivity contribution < 1.29 is 35.8 Å². The Labute approximate surface area is 196 Å². The first-order valence-corrected chi connectivity index (χ1v) is 11.8. The monoisotopic (exact) mass is 488 g/mol. The minimum atomic E-state index is -4.14. The lowest BCUT2D eigenvalue weighted by atomic mass is 9.77. The molecule has 2 aromatic rings. The fourth-order valence-corrected chi connectivity index (χ4v) is 4.67. The van der Waals surface area contributed by atoms with Gasteiger partial charge in [0.15, 0.2) is 23.2 Å². The zero-order chi connectivity index (χ0) is 24.9. The number of alkyl halides is 2. The summed E-state index contributed by atoms with van der Waals surface area (Å²) in [6.07, 6.45) is 0.833. The minimum absolute atomic E-state index is 0.110. The summed E-state index contributed by atoms with van der Waals surface area (Å²) in [5.74, 6) is -5.29. The molecule has 0 heterocycles. The van der Waals surface area contributed by atoms with E-state index in [-0.39, 0.29) is 29.4 Å². The van der Waals surface area contributed by atoms with Gasteiger partial charge in [-0.25, -0.2) is 13.2 Å². The van der Waals surface area contributed by atoms with Crippen LogP contribution in [0.4, 0.5) is 26.3 Å². The van der Waals surface area contributed by atoms with Crippen LogP contribution in [0.3, 0.4) is 0 Å². The summed E-state index contributed by atoms with van der Waals surface area (Å²) in [6.45, 7) is 3.11. The average Bonchev–Trinajstić information content (AvgIpc) is 2.81. The Hall–Kier alpha value is -2.22. The molecule has 3 rings (SSSR count). The van der Waals surface area contributed by atoms with E-state index in [0.29, 0.717) is 18.8 Å². The van der Waals surface area contributed by atoms with Gasteiger partial charge in [-0.05, 0) is 74.1 Å². The molecule has 0 N–H and O–H groups in total. The van der Waals surface area contributed by atoms with Gasteiger partial charge in [-0.15, -0.1) is 0 Å². The Morgan fingerprint density at radius 2 is 1.56 bits per heavy atom. The third-order valence-corrected chi connectivity index (χ3v) is 6.49. The van der Waals surface area contributed by atoms with Crippen molar-refractivity contribution in [2.75, 3.05) is 13.2 Å². The molecule has 0 unspecified atom stereocenters. The van der Waals surface area contributed by atoms with Crippen molar-refractivity contribution in [3.8, 4) is 5.75 Å². The second-order valence-electron chi connectivity index (χ2n) is 8.74. The van der Waals surface area contributed by atoms with Gasteiger partial charge in [-0.2, -0.15) is 13.2 Å². The molecular formula is C26H30F6O2. The zero-order valence-corrected chi connectivity index (χ0v) is 19.4. The SMILES string of the molecule is CCCC1CCC(c2ccc(C(F)(F)OCCc3ccc(OCC)c(F)c3F)c(F)c2F)CC1. The third kappa shape index (κ3) is 5.88. The van der Waals surface area contributed by atoms with E-state index < -0.39 is 48.0 Å². The first-order chi connectivity index (χ1) is 16.2. The summed E-state index contributed by atoms with van der Waals surface area (Å²) >= 11 is 0. The summed E-state index contributed by atoms with van der Waals surface area (Å²) in [5.41, 5.74) is -1.30. The van der Waals surface area contributed by atoms with Crippen LogP contribution in [0, 0.1) is 29.2 Å². The van der Waals surface area contributed by atoms with E-state index in [9.17, 15) is 26.3 Å². The maximum absolute atomic E-state index is 14.7. The normalized spacial score (nSPS) is 18.8. The Morgan fingerprint density at radius 1 is 0.853 bits per heavy atom. The molecule has 34 heavy (non-hydrogen) atoms. The molecule has 2 aromatic carbocycles. The maximum Gasteiger partial charge on any atom is 0.386 e. The highest BCUT2D eigenvalue weighted by atomic mass is 19.3. The summed E-state index contributed by atoms with van der Waals surface area (Å²) in [7, 11) is 0. The fourth-order valence-electron chi connectivity index (χ4n) is 4.67. The molecule has 0 radical (unpaired) electrons. The first-order valence-electron chi connectivity index (χ1n) is 11.8. The Kier molecular flexibility index (Phi) is 8.90. The number of rotatable bonds is 10. The lowest BCUT2D eigenvalue weighted by Gasteiger charge is -2.29. The van der Waals surface area contributed by atoms with Crippen molar-refractivity contribution in [2.24, 2.45) is 5.92 Å². The molecule has 188 valence electrons. The van der Waals surface area contributed by atoms with Crippen LogP contribution < -0.4 is 4.74 Å². The summed E-state index contributed by atoms with van der Waals surface area (Å²) < 4.78 is 96.0. The molecule has 0 aromatic heterocycles. The van der Waals surface area contributed by atoms with E-state index in [4.69, 9.17) is 4.74 Å². The van der Waals surface area contributed by atoms with E-state index in [1.54, 1.807) is 6.92 Å². The van der Waals surface area contributed by atoms with Gasteiger partial charge in [0.1, 0.15) is 0 Å². The second kappa shape index (κ2) is 11.5. The second-order valence-corrected chi connectivity index (χ2v) is 8.74. The predicted molar refractivity (Wildman–Crippen MR) is 117 cm³/mol. The first kappa shape index (κ1) is 26.4. The van der Waals surface area contributed by atoms with Gasteiger partial charge in [-0.1, -0.05) is 31.9 Å². The van der Waals surface area contributed by atoms with Crippen molar-refractivity contribution in [1.29, 1.82) is 0 Å². The van der Waals surface area contributed by atoms with Crippen molar-refractivity contribution in [3.63, 3.8) is 0 Å². The van der Waals surface area contributed by atoms with Crippen molar-refractivity contribution >= 4 is 0 Å². The van der Waals surface area contributed by atoms with Crippen LogP contribution >= 0.6 is 0 Å². The molecular weight excluding hydrogens is 458 g/mol. The summed E-state index contributed by atoms with van der Waals surface area (Å²) in [5, 5.41) is 0. The molecule has 0 spiro atoms. The molecule has 0 bridgehead atoms. The van der Waals surface area contributed by atoms with Gasteiger partial charge in [-0.3, -0.25) is 0 Å². The van der Waals surface area contributed by atoms with Gasteiger partial charge in [0.05, 0.1) is 18.8 Å². The molecule has 1 fully saturated rings. The van der Waals surface area contributed by atoms with Gasteiger partial charge < -0.3 is 9.47 Å². The Morgan fingerprint density at radius 3 is 2.21 bits per heavy atom. The van der Waals surface area contributed by atoms with E-state index in [1.165, 1.54) is 18.2 Å². The quantitative estimate of drug-likeness (QED) is 0.315. The van der Waals surface area contributed by atoms with Gasteiger partial charge in [0.25, 0.3) is 0 Å². The van der Waals surface area contributed by atoms with E-state index in [2.05, 4.69) is 11.7 Å². The molecule has 8 heteroatoms. The highest BCUT2D eigenvalue weighted by molar-refractivity contribution is 5.32. The highest BCUT2D eigenvalue weighted by Gasteiger charge is 2.38. The smallest absolute Gasteiger partial charge is 0.386 e. The molecule has 0 amide bonds.